The monoisotopic (exact) mass is 285 g/mol. The first-order valence-corrected chi connectivity index (χ1v) is 8.05. The van der Waals surface area contributed by atoms with Crippen molar-refractivity contribution in [3.05, 3.63) is 0 Å². The van der Waals surface area contributed by atoms with Crippen molar-refractivity contribution in [2.24, 2.45) is 5.92 Å². The van der Waals surface area contributed by atoms with Gasteiger partial charge in [-0.05, 0) is 26.2 Å². The largest absolute Gasteiger partial charge is 0.378 e. The molecule has 1 N–H and O–H groups in total. The second-order valence-electron chi connectivity index (χ2n) is 4.81. The minimum Gasteiger partial charge on any atom is -0.378 e. The summed E-state index contributed by atoms with van der Waals surface area (Å²) in [4.78, 5) is 0. The standard InChI is InChI=1S/C11H24ClNO3S/c1-9(2)7-11(12)8-13-17(14,15)6-5-16-10(3)4/h9-11,13H,5-8H2,1-4H3. The number of ether oxygens (including phenoxy) is 1. The maximum Gasteiger partial charge on any atom is 0.213 e. The summed E-state index contributed by atoms with van der Waals surface area (Å²) < 4.78 is 30.8. The summed E-state index contributed by atoms with van der Waals surface area (Å²) in [6, 6.07) is 0. The molecule has 0 aromatic carbocycles. The summed E-state index contributed by atoms with van der Waals surface area (Å²) in [6.07, 6.45) is 0.846. The summed E-state index contributed by atoms with van der Waals surface area (Å²) in [7, 11) is -3.27. The molecule has 1 unspecified atom stereocenters. The topological polar surface area (TPSA) is 55.4 Å². The molecule has 0 fully saturated rings. The van der Waals surface area contributed by atoms with Crippen LogP contribution in [-0.2, 0) is 14.8 Å². The highest BCUT2D eigenvalue weighted by molar-refractivity contribution is 7.89. The summed E-state index contributed by atoms with van der Waals surface area (Å²) in [6.45, 7) is 8.35. The third-order valence-electron chi connectivity index (χ3n) is 2.06. The summed E-state index contributed by atoms with van der Waals surface area (Å²) in [5.74, 6) is 0.447. The minimum absolute atomic E-state index is 0.0174. The lowest BCUT2D eigenvalue weighted by molar-refractivity contribution is 0.0911. The van der Waals surface area contributed by atoms with Crippen LogP contribution in [0.2, 0.25) is 0 Å². The summed E-state index contributed by atoms with van der Waals surface area (Å²) in [5.41, 5.74) is 0. The number of halogens is 1. The summed E-state index contributed by atoms with van der Waals surface area (Å²) in [5, 5.41) is -0.157. The molecule has 104 valence electrons. The molecule has 4 nitrogen and oxygen atoms in total. The number of rotatable bonds is 9. The average Bonchev–Trinajstić information content (AvgIpc) is 2.13. The Morgan fingerprint density at radius 1 is 1.24 bits per heavy atom. The van der Waals surface area contributed by atoms with Gasteiger partial charge in [-0.15, -0.1) is 11.6 Å². The zero-order valence-electron chi connectivity index (χ0n) is 11.1. The van der Waals surface area contributed by atoms with Crippen molar-refractivity contribution in [2.45, 2.75) is 45.6 Å². The molecule has 0 aromatic heterocycles. The van der Waals surface area contributed by atoms with E-state index in [1.54, 1.807) is 0 Å². The van der Waals surface area contributed by atoms with E-state index in [9.17, 15) is 8.42 Å². The maximum absolute atomic E-state index is 11.6. The van der Waals surface area contributed by atoms with Gasteiger partial charge in [-0.25, -0.2) is 13.1 Å². The molecular formula is C11H24ClNO3S. The van der Waals surface area contributed by atoms with Crippen LogP contribution < -0.4 is 4.72 Å². The first kappa shape index (κ1) is 17.2. The van der Waals surface area contributed by atoms with E-state index in [4.69, 9.17) is 16.3 Å². The Morgan fingerprint density at radius 3 is 2.29 bits per heavy atom. The van der Waals surface area contributed by atoms with Gasteiger partial charge >= 0.3 is 0 Å². The van der Waals surface area contributed by atoms with Crippen LogP contribution in [0.4, 0.5) is 0 Å². The lowest BCUT2D eigenvalue weighted by Crippen LogP contribution is -2.33. The fraction of sp³-hybridized carbons (Fsp3) is 1.00. The number of hydrogen-bond donors (Lipinski definition) is 1. The van der Waals surface area contributed by atoms with Crippen LogP contribution in [-0.4, -0.2) is 38.8 Å². The number of hydrogen-bond acceptors (Lipinski definition) is 3. The third kappa shape index (κ3) is 11.0. The van der Waals surface area contributed by atoms with Crippen molar-refractivity contribution in [3.63, 3.8) is 0 Å². The zero-order valence-corrected chi connectivity index (χ0v) is 12.6. The van der Waals surface area contributed by atoms with Gasteiger partial charge in [-0.1, -0.05) is 13.8 Å². The van der Waals surface area contributed by atoms with Crippen LogP contribution in [0.3, 0.4) is 0 Å². The van der Waals surface area contributed by atoms with E-state index >= 15 is 0 Å². The molecule has 0 aromatic rings. The molecule has 0 radical (unpaired) electrons. The van der Waals surface area contributed by atoms with E-state index in [0.29, 0.717) is 5.92 Å². The molecule has 0 heterocycles. The van der Waals surface area contributed by atoms with Crippen LogP contribution in [0.1, 0.15) is 34.1 Å². The molecule has 0 rings (SSSR count). The Hall–Kier alpha value is 0.160. The normalized spacial score (nSPS) is 14.5. The van der Waals surface area contributed by atoms with Crippen LogP contribution in [0.15, 0.2) is 0 Å². The van der Waals surface area contributed by atoms with Crippen molar-refractivity contribution in [2.75, 3.05) is 18.9 Å². The van der Waals surface area contributed by atoms with E-state index in [0.717, 1.165) is 6.42 Å². The lowest BCUT2D eigenvalue weighted by Gasteiger charge is -2.13. The minimum atomic E-state index is -3.27. The molecule has 0 aliphatic carbocycles. The lowest BCUT2D eigenvalue weighted by atomic mass is 10.1. The highest BCUT2D eigenvalue weighted by atomic mass is 35.5. The Kier molecular flexibility index (Phi) is 8.37. The van der Waals surface area contributed by atoms with Crippen molar-refractivity contribution < 1.29 is 13.2 Å². The Labute approximate surface area is 110 Å². The first-order chi connectivity index (χ1) is 7.73. The predicted molar refractivity (Wildman–Crippen MR) is 72.0 cm³/mol. The first-order valence-electron chi connectivity index (χ1n) is 5.96. The van der Waals surface area contributed by atoms with E-state index in [-0.39, 0.29) is 30.4 Å². The maximum atomic E-state index is 11.6. The fourth-order valence-electron chi connectivity index (χ4n) is 1.28. The van der Waals surface area contributed by atoms with Gasteiger partial charge < -0.3 is 4.74 Å². The Balaban J connectivity index is 3.85. The Morgan fingerprint density at radius 2 is 1.82 bits per heavy atom. The predicted octanol–water partition coefficient (Wildman–Crippen LogP) is 1.98. The van der Waals surface area contributed by atoms with E-state index in [2.05, 4.69) is 18.6 Å². The molecule has 0 spiro atoms. The molecule has 17 heavy (non-hydrogen) atoms. The summed E-state index contributed by atoms with van der Waals surface area (Å²) >= 11 is 6.01. The van der Waals surface area contributed by atoms with Crippen molar-refractivity contribution in [1.82, 2.24) is 4.72 Å². The van der Waals surface area contributed by atoms with Crippen molar-refractivity contribution >= 4 is 21.6 Å². The molecule has 0 aliphatic rings. The van der Waals surface area contributed by atoms with Gasteiger partial charge in [-0.2, -0.15) is 0 Å². The average molecular weight is 286 g/mol. The quantitative estimate of drug-likeness (QED) is 0.659. The molecule has 0 saturated heterocycles. The van der Waals surface area contributed by atoms with Gasteiger partial charge in [0.15, 0.2) is 0 Å². The fourth-order valence-corrected chi connectivity index (χ4v) is 2.72. The second-order valence-corrected chi connectivity index (χ2v) is 7.36. The molecule has 6 heteroatoms. The van der Waals surface area contributed by atoms with Crippen LogP contribution in [0, 0.1) is 5.92 Å². The number of sulfonamides is 1. The van der Waals surface area contributed by atoms with Gasteiger partial charge in [0.25, 0.3) is 0 Å². The molecule has 0 saturated carbocycles. The van der Waals surface area contributed by atoms with Gasteiger partial charge in [-0.3, -0.25) is 0 Å². The molecule has 0 aliphatic heterocycles. The van der Waals surface area contributed by atoms with E-state index in [1.807, 2.05) is 13.8 Å². The second kappa shape index (κ2) is 8.29. The van der Waals surface area contributed by atoms with Crippen LogP contribution in [0.5, 0.6) is 0 Å². The van der Waals surface area contributed by atoms with Crippen LogP contribution >= 0.6 is 11.6 Å². The van der Waals surface area contributed by atoms with Crippen molar-refractivity contribution in [1.29, 1.82) is 0 Å². The van der Waals surface area contributed by atoms with Gasteiger partial charge in [0.2, 0.25) is 10.0 Å². The highest BCUT2D eigenvalue weighted by Gasteiger charge is 2.14. The van der Waals surface area contributed by atoms with E-state index in [1.165, 1.54) is 0 Å². The SMILES string of the molecule is CC(C)CC(Cl)CNS(=O)(=O)CCOC(C)C. The van der Waals surface area contributed by atoms with Crippen LogP contribution in [0.25, 0.3) is 0 Å². The molecule has 0 amide bonds. The number of nitrogens with one attached hydrogen (secondary N) is 1. The third-order valence-corrected chi connectivity index (χ3v) is 3.70. The van der Waals surface area contributed by atoms with Crippen molar-refractivity contribution in [3.8, 4) is 0 Å². The molecular weight excluding hydrogens is 262 g/mol. The van der Waals surface area contributed by atoms with Gasteiger partial charge in [0.1, 0.15) is 0 Å². The Bertz CT molecular complexity index is 291. The highest BCUT2D eigenvalue weighted by Crippen LogP contribution is 2.09. The zero-order chi connectivity index (χ0) is 13.5. The van der Waals surface area contributed by atoms with E-state index < -0.39 is 10.0 Å². The molecule has 0 bridgehead atoms. The smallest absolute Gasteiger partial charge is 0.213 e. The van der Waals surface area contributed by atoms with Gasteiger partial charge in [0.05, 0.1) is 18.5 Å². The molecule has 1 atom stereocenters. The number of alkyl halides is 1. The van der Waals surface area contributed by atoms with Gasteiger partial charge in [0, 0.05) is 11.9 Å².